The first-order valence-corrected chi connectivity index (χ1v) is 5.87. The van der Waals surface area contributed by atoms with Crippen molar-refractivity contribution in [1.82, 2.24) is 0 Å². The molecule has 0 amide bonds. The Bertz CT molecular complexity index is 427. The lowest BCUT2D eigenvalue weighted by Crippen LogP contribution is -2.02. The zero-order valence-electron chi connectivity index (χ0n) is 9.96. The molecule has 4 heteroatoms. The molecule has 1 aromatic carbocycles. The lowest BCUT2D eigenvalue weighted by atomic mass is 10.1. The molecule has 0 aliphatic heterocycles. The molecule has 0 aliphatic carbocycles. The van der Waals surface area contributed by atoms with E-state index >= 15 is 0 Å². The topological polar surface area (TPSA) is 43.4 Å². The Balaban J connectivity index is 2.75. The molecule has 0 aliphatic rings. The predicted octanol–water partition coefficient (Wildman–Crippen LogP) is 3.29. The maximum absolute atomic E-state index is 11.7. The van der Waals surface area contributed by atoms with Crippen molar-refractivity contribution < 1.29 is 14.3 Å². The number of ketones is 2. The second kappa shape index (κ2) is 6.40. The average molecular weight is 255 g/mol. The highest BCUT2D eigenvalue weighted by molar-refractivity contribution is 6.32. The van der Waals surface area contributed by atoms with Gasteiger partial charge in [-0.05, 0) is 32.0 Å². The van der Waals surface area contributed by atoms with Crippen LogP contribution in [-0.2, 0) is 4.79 Å². The normalized spacial score (nSPS) is 10.1. The standard InChI is InChI=1S/C13H15ClO3/c1-3-17-13-7-5-10(8-11(13)14)12(16)6-4-9(2)15/h5,7-8H,3-4,6H2,1-2H3. The van der Waals surface area contributed by atoms with E-state index in [1.807, 2.05) is 6.92 Å². The summed E-state index contributed by atoms with van der Waals surface area (Å²) in [6.45, 7) is 3.86. The monoisotopic (exact) mass is 254 g/mol. The Labute approximate surface area is 106 Å². The number of hydrogen-bond donors (Lipinski definition) is 0. The van der Waals surface area contributed by atoms with Gasteiger partial charge >= 0.3 is 0 Å². The quantitative estimate of drug-likeness (QED) is 0.732. The van der Waals surface area contributed by atoms with E-state index in [9.17, 15) is 9.59 Å². The molecule has 3 nitrogen and oxygen atoms in total. The van der Waals surface area contributed by atoms with E-state index in [1.54, 1.807) is 18.2 Å². The highest BCUT2D eigenvalue weighted by Crippen LogP contribution is 2.26. The van der Waals surface area contributed by atoms with E-state index in [1.165, 1.54) is 6.92 Å². The third-order valence-corrected chi connectivity index (χ3v) is 2.55. The largest absolute Gasteiger partial charge is 0.492 e. The zero-order chi connectivity index (χ0) is 12.8. The molecule has 0 heterocycles. The van der Waals surface area contributed by atoms with Crippen molar-refractivity contribution in [2.45, 2.75) is 26.7 Å². The molecule has 0 atom stereocenters. The summed E-state index contributed by atoms with van der Waals surface area (Å²) < 4.78 is 5.27. The Morgan fingerprint density at radius 2 is 2.00 bits per heavy atom. The highest BCUT2D eigenvalue weighted by atomic mass is 35.5. The number of carbonyl (C=O) groups is 2. The fourth-order valence-electron chi connectivity index (χ4n) is 1.38. The van der Waals surface area contributed by atoms with Crippen LogP contribution in [0.25, 0.3) is 0 Å². The van der Waals surface area contributed by atoms with Crippen molar-refractivity contribution in [2.75, 3.05) is 6.61 Å². The van der Waals surface area contributed by atoms with Crippen LogP contribution in [0.2, 0.25) is 5.02 Å². The first kappa shape index (κ1) is 13.7. The first-order chi connectivity index (χ1) is 8.04. The molecular weight excluding hydrogens is 240 g/mol. The fraction of sp³-hybridized carbons (Fsp3) is 0.385. The smallest absolute Gasteiger partial charge is 0.163 e. The van der Waals surface area contributed by atoms with E-state index < -0.39 is 0 Å². The number of ether oxygens (including phenoxy) is 1. The lowest BCUT2D eigenvalue weighted by Gasteiger charge is -2.07. The number of rotatable bonds is 6. The number of halogens is 1. The molecule has 92 valence electrons. The molecule has 0 saturated carbocycles. The average Bonchev–Trinajstić information content (AvgIpc) is 2.28. The molecule has 1 rings (SSSR count). The Hall–Kier alpha value is -1.35. The van der Waals surface area contributed by atoms with Gasteiger partial charge in [0.1, 0.15) is 11.5 Å². The summed E-state index contributed by atoms with van der Waals surface area (Å²) >= 11 is 5.97. The van der Waals surface area contributed by atoms with Gasteiger partial charge in [0, 0.05) is 18.4 Å². The maximum Gasteiger partial charge on any atom is 0.163 e. The Morgan fingerprint density at radius 1 is 1.29 bits per heavy atom. The van der Waals surface area contributed by atoms with E-state index in [2.05, 4.69) is 0 Å². The third-order valence-electron chi connectivity index (χ3n) is 2.26. The summed E-state index contributed by atoms with van der Waals surface area (Å²) in [5.41, 5.74) is 0.514. The molecule has 0 spiro atoms. The molecule has 0 N–H and O–H groups in total. The van der Waals surface area contributed by atoms with Gasteiger partial charge in [0.2, 0.25) is 0 Å². The third kappa shape index (κ3) is 4.19. The molecule has 0 radical (unpaired) electrons. The van der Waals surface area contributed by atoms with Crippen LogP contribution in [-0.4, -0.2) is 18.2 Å². The van der Waals surface area contributed by atoms with E-state index in [0.29, 0.717) is 22.9 Å². The van der Waals surface area contributed by atoms with Crippen LogP contribution in [0.15, 0.2) is 18.2 Å². The van der Waals surface area contributed by atoms with Gasteiger partial charge in [0.05, 0.1) is 11.6 Å². The first-order valence-electron chi connectivity index (χ1n) is 5.49. The predicted molar refractivity (Wildman–Crippen MR) is 66.9 cm³/mol. The van der Waals surface area contributed by atoms with Crippen molar-refractivity contribution in [3.8, 4) is 5.75 Å². The summed E-state index contributed by atoms with van der Waals surface area (Å²) in [5.74, 6) is 0.498. The lowest BCUT2D eigenvalue weighted by molar-refractivity contribution is -0.116. The van der Waals surface area contributed by atoms with Crippen LogP contribution in [0.4, 0.5) is 0 Å². The van der Waals surface area contributed by atoms with E-state index in [4.69, 9.17) is 16.3 Å². The Morgan fingerprint density at radius 3 is 2.53 bits per heavy atom. The molecule has 0 saturated heterocycles. The van der Waals surface area contributed by atoms with Gasteiger partial charge in [0.15, 0.2) is 5.78 Å². The molecular formula is C13H15ClO3. The molecule has 0 unspecified atom stereocenters. The summed E-state index contributed by atoms with van der Waals surface area (Å²) in [6, 6.07) is 4.92. The van der Waals surface area contributed by atoms with Crippen LogP contribution in [0, 0.1) is 0 Å². The van der Waals surface area contributed by atoms with Gasteiger partial charge in [-0.3, -0.25) is 4.79 Å². The van der Waals surface area contributed by atoms with Gasteiger partial charge < -0.3 is 9.53 Å². The summed E-state index contributed by atoms with van der Waals surface area (Å²) in [6.07, 6.45) is 0.489. The minimum Gasteiger partial charge on any atom is -0.492 e. The highest BCUT2D eigenvalue weighted by Gasteiger charge is 2.10. The van der Waals surface area contributed by atoms with Crippen molar-refractivity contribution >= 4 is 23.2 Å². The number of carbonyl (C=O) groups excluding carboxylic acids is 2. The van der Waals surface area contributed by atoms with Crippen LogP contribution < -0.4 is 4.74 Å². The molecule has 0 bridgehead atoms. The van der Waals surface area contributed by atoms with Crippen LogP contribution in [0.3, 0.4) is 0 Å². The van der Waals surface area contributed by atoms with Gasteiger partial charge in [-0.15, -0.1) is 0 Å². The second-order valence-electron chi connectivity index (χ2n) is 3.70. The van der Waals surface area contributed by atoms with Gasteiger partial charge in [-0.25, -0.2) is 0 Å². The number of benzene rings is 1. The van der Waals surface area contributed by atoms with Gasteiger partial charge in [-0.2, -0.15) is 0 Å². The minimum atomic E-state index is -0.0786. The molecule has 17 heavy (non-hydrogen) atoms. The van der Waals surface area contributed by atoms with E-state index in [0.717, 1.165) is 0 Å². The summed E-state index contributed by atoms with van der Waals surface area (Å²) in [5, 5.41) is 0.417. The van der Waals surface area contributed by atoms with Crippen molar-refractivity contribution in [2.24, 2.45) is 0 Å². The zero-order valence-corrected chi connectivity index (χ0v) is 10.7. The summed E-state index contributed by atoms with van der Waals surface area (Å²) in [4.78, 5) is 22.5. The summed E-state index contributed by atoms with van der Waals surface area (Å²) in [7, 11) is 0. The minimum absolute atomic E-state index is 0.00961. The number of hydrogen-bond acceptors (Lipinski definition) is 3. The Kier molecular flexibility index (Phi) is 5.16. The van der Waals surface area contributed by atoms with Gasteiger partial charge in [0.25, 0.3) is 0 Å². The molecule has 0 aromatic heterocycles. The second-order valence-corrected chi connectivity index (χ2v) is 4.11. The molecule has 0 fully saturated rings. The van der Waals surface area contributed by atoms with Crippen LogP contribution in [0.5, 0.6) is 5.75 Å². The number of Topliss-reactive ketones (excluding diaryl/α,β-unsaturated/α-hetero) is 2. The van der Waals surface area contributed by atoms with Crippen LogP contribution in [0.1, 0.15) is 37.0 Å². The fourth-order valence-corrected chi connectivity index (χ4v) is 1.62. The van der Waals surface area contributed by atoms with Crippen LogP contribution >= 0.6 is 11.6 Å². The van der Waals surface area contributed by atoms with Gasteiger partial charge in [-0.1, -0.05) is 11.6 Å². The molecule has 1 aromatic rings. The maximum atomic E-state index is 11.7. The van der Waals surface area contributed by atoms with E-state index in [-0.39, 0.29) is 24.4 Å². The van der Waals surface area contributed by atoms with Crippen molar-refractivity contribution in [3.05, 3.63) is 28.8 Å². The van der Waals surface area contributed by atoms with Crippen molar-refractivity contribution in [1.29, 1.82) is 0 Å². The SMILES string of the molecule is CCOc1ccc(C(=O)CCC(C)=O)cc1Cl. The van der Waals surface area contributed by atoms with Crippen molar-refractivity contribution in [3.63, 3.8) is 0 Å².